The number of nitrogens with zero attached hydrogens (tertiary/aromatic N) is 3. The van der Waals surface area contributed by atoms with Gasteiger partial charge < -0.3 is 0 Å². The maximum Gasteiger partial charge on any atom is 0.299 e. The fraction of sp³-hybridized carbons (Fsp3) is 0. The van der Waals surface area contributed by atoms with Gasteiger partial charge >= 0.3 is 0 Å². The number of para-hydroxylation sites is 1. The largest absolute Gasteiger partial charge is 0.299 e. The van der Waals surface area contributed by atoms with Gasteiger partial charge in [0.1, 0.15) is 5.69 Å². The zero-order valence-electron chi connectivity index (χ0n) is 9.19. The maximum atomic E-state index is 12.2. The van der Waals surface area contributed by atoms with E-state index in [4.69, 9.17) is 34.8 Å². The zero-order chi connectivity index (χ0) is 13.6. The molecule has 0 atom stereocenters. The van der Waals surface area contributed by atoms with Crippen LogP contribution in [0.5, 0.6) is 0 Å². The van der Waals surface area contributed by atoms with Crippen molar-refractivity contribution >= 4 is 45.8 Å². The van der Waals surface area contributed by atoms with Crippen LogP contribution in [0.15, 0.2) is 29.1 Å². The Morgan fingerprint density at radius 1 is 1.11 bits per heavy atom. The molecule has 0 unspecified atom stereocenters. The molecule has 0 amide bonds. The van der Waals surface area contributed by atoms with Gasteiger partial charge in [-0.3, -0.25) is 9.89 Å². The van der Waals surface area contributed by atoms with Crippen molar-refractivity contribution in [2.75, 3.05) is 0 Å². The van der Waals surface area contributed by atoms with Crippen molar-refractivity contribution in [2.45, 2.75) is 0 Å². The quantitative estimate of drug-likeness (QED) is 0.750. The van der Waals surface area contributed by atoms with Crippen LogP contribution in [0.1, 0.15) is 0 Å². The molecule has 8 heteroatoms. The Bertz CT molecular complexity index is 819. The summed E-state index contributed by atoms with van der Waals surface area (Å²) >= 11 is 17.9. The minimum atomic E-state index is -0.394. The molecule has 2 heterocycles. The van der Waals surface area contributed by atoms with Gasteiger partial charge in [0.2, 0.25) is 0 Å². The number of aromatic nitrogens is 4. The number of fused-ring (bicyclic) bond motifs is 1. The summed E-state index contributed by atoms with van der Waals surface area (Å²) < 4.78 is 1.22. The topological polar surface area (TPSA) is 63.6 Å². The number of halogens is 3. The average Bonchev–Trinajstić information content (AvgIpc) is 2.66. The van der Waals surface area contributed by atoms with E-state index in [1.807, 2.05) is 0 Å². The van der Waals surface area contributed by atoms with Gasteiger partial charge in [-0.2, -0.15) is 0 Å². The van der Waals surface area contributed by atoms with Crippen molar-refractivity contribution in [1.82, 2.24) is 20.0 Å². The first-order valence-electron chi connectivity index (χ1n) is 5.16. The van der Waals surface area contributed by atoms with Gasteiger partial charge in [-0.15, -0.1) is 10.2 Å². The third kappa shape index (κ3) is 2.00. The van der Waals surface area contributed by atoms with Gasteiger partial charge in [-0.25, -0.2) is 4.68 Å². The third-order valence-electron chi connectivity index (χ3n) is 2.56. The van der Waals surface area contributed by atoms with Crippen LogP contribution in [0.3, 0.4) is 0 Å². The normalized spacial score (nSPS) is 11.1. The molecule has 2 aromatic heterocycles. The Balaban J connectivity index is 2.38. The number of H-pyrrole nitrogens is 1. The molecule has 0 saturated carbocycles. The lowest BCUT2D eigenvalue weighted by Gasteiger charge is -2.05. The Hall–Kier alpha value is -1.56. The van der Waals surface area contributed by atoms with E-state index in [1.165, 1.54) is 10.7 Å². The van der Waals surface area contributed by atoms with Crippen molar-refractivity contribution < 1.29 is 0 Å². The van der Waals surface area contributed by atoms with Gasteiger partial charge in [-0.1, -0.05) is 40.9 Å². The molecule has 0 aliphatic carbocycles. The zero-order valence-corrected chi connectivity index (χ0v) is 11.5. The van der Waals surface area contributed by atoms with E-state index in [2.05, 4.69) is 15.3 Å². The Morgan fingerprint density at radius 3 is 2.47 bits per heavy atom. The van der Waals surface area contributed by atoms with Crippen LogP contribution in [0.2, 0.25) is 15.2 Å². The average molecular weight is 316 g/mol. The number of rotatable bonds is 1. The van der Waals surface area contributed by atoms with Crippen LogP contribution in [0, 0.1) is 0 Å². The molecule has 0 radical (unpaired) electrons. The van der Waals surface area contributed by atoms with Crippen LogP contribution in [-0.4, -0.2) is 20.0 Å². The SMILES string of the molecule is O=c1c2nnc(Cl)cc2[nH]n1-c1c(Cl)cccc1Cl. The third-order valence-corrected chi connectivity index (χ3v) is 3.36. The predicted molar refractivity (Wildman–Crippen MR) is 74.5 cm³/mol. The molecule has 5 nitrogen and oxygen atoms in total. The number of aromatic amines is 1. The Labute approximate surface area is 121 Å². The first kappa shape index (κ1) is 12.5. The predicted octanol–water partition coefficient (Wildman–Crippen LogP) is 3.07. The number of nitrogens with one attached hydrogen (secondary N) is 1. The van der Waals surface area contributed by atoms with Crippen molar-refractivity contribution in [2.24, 2.45) is 0 Å². The van der Waals surface area contributed by atoms with Gasteiger partial charge in [0.05, 0.1) is 15.6 Å². The molecule has 96 valence electrons. The summed E-state index contributed by atoms with van der Waals surface area (Å²) in [4.78, 5) is 12.2. The van der Waals surface area contributed by atoms with E-state index < -0.39 is 5.56 Å². The lowest BCUT2D eigenvalue weighted by Crippen LogP contribution is -2.15. The lowest BCUT2D eigenvalue weighted by molar-refractivity contribution is 0.863. The molecule has 0 aliphatic rings. The Kier molecular flexibility index (Phi) is 2.97. The maximum absolute atomic E-state index is 12.2. The summed E-state index contributed by atoms with van der Waals surface area (Å²) in [6.07, 6.45) is 0. The van der Waals surface area contributed by atoms with Crippen LogP contribution in [0.25, 0.3) is 16.7 Å². The molecule has 0 aliphatic heterocycles. The monoisotopic (exact) mass is 314 g/mol. The summed E-state index contributed by atoms with van der Waals surface area (Å²) in [6, 6.07) is 6.48. The molecule has 0 saturated heterocycles. The van der Waals surface area contributed by atoms with Crippen LogP contribution < -0.4 is 5.56 Å². The lowest BCUT2D eigenvalue weighted by atomic mass is 10.3. The second-order valence-corrected chi connectivity index (χ2v) is 4.95. The van der Waals surface area contributed by atoms with E-state index in [0.717, 1.165) is 0 Å². The van der Waals surface area contributed by atoms with E-state index in [1.54, 1.807) is 18.2 Å². The minimum Gasteiger partial charge on any atom is -0.288 e. The highest BCUT2D eigenvalue weighted by Crippen LogP contribution is 2.27. The van der Waals surface area contributed by atoms with Crippen LogP contribution in [0.4, 0.5) is 0 Å². The minimum absolute atomic E-state index is 0.167. The highest BCUT2D eigenvalue weighted by atomic mass is 35.5. The van der Waals surface area contributed by atoms with Gasteiger partial charge in [0.15, 0.2) is 10.7 Å². The van der Waals surface area contributed by atoms with Crippen LogP contribution in [-0.2, 0) is 0 Å². The highest BCUT2D eigenvalue weighted by Gasteiger charge is 2.15. The summed E-state index contributed by atoms with van der Waals surface area (Å²) in [5.41, 5.74) is 0.598. The van der Waals surface area contributed by atoms with E-state index in [0.29, 0.717) is 21.2 Å². The molecular weight excluding hydrogens is 311 g/mol. The second-order valence-electron chi connectivity index (χ2n) is 3.75. The first-order chi connectivity index (χ1) is 9.08. The van der Waals surface area contributed by atoms with Crippen molar-refractivity contribution in [3.8, 4) is 5.69 Å². The van der Waals surface area contributed by atoms with Crippen molar-refractivity contribution in [1.29, 1.82) is 0 Å². The molecule has 1 N–H and O–H groups in total. The summed E-state index contributed by atoms with van der Waals surface area (Å²) in [7, 11) is 0. The summed E-state index contributed by atoms with van der Waals surface area (Å²) in [5, 5.41) is 11.1. The molecular formula is C11H5Cl3N4O. The molecule has 19 heavy (non-hydrogen) atoms. The van der Waals surface area contributed by atoms with Crippen LogP contribution >= 0.6 is 34.8 Å². The molecule has 0 bridgehead atoms. The second kappa shape index (κ2) is 4.52. The first-order valence-corrected chi connectivity index (χ1v) is 6.29. The summed E-state index contributed by atoms with van der Waals surface area (Å²) in [6.45, 7) is 0. The van der Waals surface area contributed by atoms with Crippen molar-refractivity contribution in [3.05, 3.63) is 49.8 Å². The smallest absolute Gasteiger partial charge is 0.288 e. The highest BCUT2D eigenvalue weighted by molar-refractivity contribution is 6.37. The molecule has 0 fully saturated rings. The molecule has 3 rings (SSSR count). The number of benzene rings is 1. The Morgan fingerprint density at radius 2 is 1.79 bits per heavy atom. The molecule has 3 aromatic rings. The van der Waals surface area contributed by atoms with E-state index in [9.17, 15) is 4.79 Å². The molecule has 1 aromatic carbocycles. The molecule has 0 spiro atoms. The van der Waals surface area contributed by atoms with Gasteiger partial charge in [0, 0.05) is 6.07 Å². The summed E-state index contributed by atoms with van der Waals surface area (Å²) in [5.74, 6) is 0. The fourth-order valence-electron chi connectivity index (χ4n) is 1.75. The van der Waals surface area contributed by atoms with Crippen molar-refractivity contribution in [3.63, 3.8) is 0 Å². The van der Waals surface area contributed by atoms with Gasteiger partial charge in [-0.05, 0) is 12.1 Å². The van der Waals surface area contributed by atoms with E-state index in [-0.39, 0.29) is 10.7 Å². The number of hydrogen-bond donors (Lipinski definition) is 1. The van der Waals surface area contributed by atoms with E-state index >= 15 is 0 Å². The standard InChI is InChI=1S/C11H5Cl3N4O/c12-5-2-1-3-6(13)10(5)18-11(19)9-7(17-18)4-8(14)15-16-9/h1-4,17H. The fourth-order valence-corrected chi connectivity index (χ4v) is 2.46. The van der Waals surface area contributed by atoms with Gasteiger partial charge in [0.25, 0.3) is 5.56 Å². The number of hydrogen-bond acceptors (Lipinski definition) is 3.